The van der Waals surface area contributed by atoms with E-state index in [1.165, 1.54) is 6.07 Å². The fraction of sp³-hybridized carbons (Fsp3) is 0.385. The van der Waals surface area contributed by atoms with E-state index < -0.39 is 0 Å². The SMILES string of the molecule is CC(C)(C)NCc1cc(=O)[nH]c(-c2ccsc2)n1. The molecule has 0 saturated heterocycles. The van der Waals surface area contributed by atoms with E-state index >= 15 is 0 Å². The van der Waals surface area contributed by atoms with E-state index in [2.05, 4.69) is 36.1 Å². The van der Waals surface area contributed by atoms with Crippen molar-refractivity contribution in [1.29, 1.82) is 0 Å². The highest BCUT2D eigenvalue weighted by Crippen LogP contribution is 2.17. The number of nitrogens with zero attached hydrogens (tertiary/aromatic N) is 1. The molecule has 2 N–H and O–H groups in total. The van der Waals surface area contributed by atoms with Gasteiger partial charge in [-0.3, -0.25) is 4.79 Å². The van der Waals surface area contributed by atoms with Crippen molar-refractivity contribution in [3.63, 3.8) is 0 Å². The molecule has 0 spiro atoms. The van der Waals surface area contributed by atoms with Crippen molar-refractivity contribution in [2.45, 2.75) is 32.9 Å². The van der Waals surface area contributed by atoms with Crippen molar-refractivity contribution < 1.29 is 0 Å². The van der Waals surface area contributed by atoms with Gasteiger partial charge in [-0.25, -0.2) is 4.98 Å². The summed E-state index contributed by atoms with van der Waals surface area (Å²) in [5.41, 5.74) is 1.61. The van der Waals surface area contributed by atoms with Crippen molar-refractivity contribution in [3.05, 3.63) is 38.9 Å². The minimum atomic E-state index is -0.114. The Labute approximate surface area is 110 Å². The maximum Gasteiger partial charge on any atom is 0.251 e. The molecule has 0 aromatic carbocycles. The summed E-state index contributed by atoms with van der Waals surface area (Å²) in [6, 6.07) is 3.48. The van der Waals surface area contributed by atoms with Crippen LogP contribution in [0.4, 0.5) is 0 Å². The highest BCUT2D eigenvalue weighted by molar-refractivity contribution is 7.08. The largest absolute Gasteiger partial charge is 0.306 e. The van der Waals surface area contributed by atoms with Crippen molar-refractivity contribution in [1.82, 2.24) is 15.3 Å². The topological polar surface area (TPSA) is 57.8 Å². The van der Waals surface area contributed by atoms with Crippen molar-refractivity contribution >= 4 is 11.3 Å². The molecule has 0 aliphatic heterocycles. The Balaban J connectivity index is 2.25. The molecule has 0 atom stereocenters. The molecule has 0 bridgehead atoms. The van der Waals surface area contributed by atoms with E-state index in [0.29, 0.717) is 12.4 Å². The van der Waals surface area contributed by atoms with E-state index in [4.69, 9.17) is 0 Å². The van der Waals surface area contributed by atoms with Gasteiger partial charge < -0.3 is 10.3 Å². The van der Waals surface area contributed by atoms with Crippen LogP contribution in [0.25, 0.3) is 11.4 Å². The molecule has 18 heavy (non-hydrogen) atoms. The molecular weight excluding hydrogens is 246 g/mol. The molecule has 96 valence electrons. The third-order valence-electron chi connectivity index (χ3n) is 2.39. The summed E-state index contributed by atoms with van der Waals surface area (Å²) in [7, 11) is 0. The van der Waals surface area contributed by atoms with Crippen LogP contribution in [0.5, 0.6) is 0 Å². The van der Waals surface area contributed by atoms with E-state index in [1.54, 1.807) is 11.3 Å². The molecule has 0 unspecified atom stereocenters. The predicted molar refractivity (Wildman–Crippen MR) is 74.8 cm³/mol. The van der Waals surface area contributed by atoms with Gasteiger partial charge in [-0.2, -0.15) is 11.3 Å². The quantitative estimate of drug-likeness (QED) is 0.894. The molecule has 0 fully saturated rings. The van der Waals surface area contributed by atoms with Gasteiger partial charge in [0.1, 0.15) is 5.82 Å². The summed E-state index contributed by atoms with van der Waals surface area (Å²) in [6.07, 6.45) is 0. The van der Waals surface area contributed by atoms with Crippen molar-refractivity contribution in [3.8, 4) is 11.4 Å². The van der Waals surface area contributed by atoms with Crippen LogP contribution in [0.15, 0.2) is 27.7 Å². The van der Waals surface area contributed by atoms with Crippen LogP contribution in [0.2, 0.25) is 0 Å². The number of hydrogen-bond donors (Lipinski definition) is 2. The van der Waals surface area contributed by atoms with Gasteiger partial charge >= 0.3 is 0 Å². The summed E-state index contributed by atoms with van der Waals surface area (Å²) in [5.74, 6) is 0.634. The van der Waals surface area contributed by atoms with Gasteiger partial charge in [0.15, 0.2) is 0 Å². The molecule has 5 heteroatoms. The van der Waals surface area contributed by atoms with E-state index in [9.17, 15) is 4.79 Å². The fourth-order valence-corrected chi connectivity index (χ4v) is 2.13. The first-order valence-electron chi connectivity index (χ1n) is 5.82. The zero-order valence-electron chi connectivity index (χ0n) is 10.8. The Hall–Kier alpha value is -1.46. The Kier molecular flexibility index (Phi) is 3.63. The summed E-state index contributed by atoms with van der Waals surface area (Å²) in [6.45, 7) is 6.84. The first kappa shape index (κ1) is 13.0. The maximum atomic E-state index is 11.6. The molecule has 0 aliphatic rings. The van der Waals surface area contributed by atoms with Gasteiger partial charge in [0.2, 0.25) is 0 Å². The Morgan fingerprint density at radius 1 is 1.44 bits per heavy atom. The van der Waals surface area contributed by atoms with Crippen LogP contribution in [0.1, 0.15) is 26.5 Å². The lowest BCUT2D eigenvalue weighted by atomic mass is 10.1. The first-order valence-corrected chi connectivity index (χ1v) is 6.76. The molecule has 0 amide bonds. The highest BCUT2D eigenvalue weighted by atomic mass is 32.1. The second-order valence-electron chi connectivity index (χ2n) is 5.20. The lowest BCUT2D eigenvalue weighted by Crippen LogP contribution is -2.35. The lowest BCUT2D eigenvalue weighted by molar-refractivity contribution is 0.421. The maximum absolute atomic E-state index is 11.6. The zero-order chi connectivity index (χ0) is 13.2. The Morgan fingerprint density at radius 3 is 2.83 bits per heavy atom. The number of rotatable bonds is 3. The lowest BCUT2D eigenvalue weighted by Gasteiger charge is -2.20. The summed E-state index contributed by atoms with van der Waals surface area (Å²) >= 11 is 1.59. The van der Waals surface area contributed by atoms with Gasteiger partial charge in [-0.05, 0) is 32.2 Å². The molecule has 2 heterocycles. The van der Waals surface area contributed by atoms with Crippen LogP contribution in [0, 0.1) is 0 Å². The van der Waals surface area contributed by atoms with Gasteiger partial charge in [0, 0.05) is 29.1 Å². The van der Waals surface area contributed by atoms with Crippen molar-refractivity contribution in [2.24, 2.45) is 0 Å². The van der Waals surface area contributed by atoms with Gasteiger partial charge in [-0.1, -0.05) is 0 Å². The van der Waals surface area contributed by atoms with Gasteiger partial charge in [0.25, 0.3) is 5.56 Å². The smallest absolute Gasteiger partial charge is 0.251 e. The second kappa shape index (κ2) is 5.04. The molecule has 2 aromatic heterocycles. The molecule has 0 aliphatic carbocycles. The van der Waals surface area contributed by atoms with Crippen LogP contribution in [0.3, 0.4) is 0 Å². The number of aromatic nitrogens is 2. The average Bonchev–Trinajstić information content (AvgIpc) is 2.78. The van der Waals surface area contributed by atoms with Crippen LogP contribution < -0.4 is 10.9 Å². The number of thiophene rings is 1. The van der Waals surface area contributed by atoms with Gasteiger partial charge in [0.05, 0.1) is 5.69 Å². The summed E-state index contributed by atoms with van der Waals surface area (Å²) < 4.78 is 0. The van der Waals surface area contributed by atoms with E-state index in [0.717, 1.165) is 11.3 Å². The van der Waals surface area contributed by atoms with Crippen molar-refractivity contribution in [2.75, 3.05) is 0 Å². The number of nitrogens with one attached hydrogen (secondary N) is 2. The van der Waals surface area contributed by atoms with Crippen LogP contribution in [-0.2, 0) is 6.54 Å². The average molecular weight is 263 g/mol. The number of aromatic amines is 1. The second-order valence-corrected chi connectivity index (χ2v) is 5.98. The minimum absolute atomic E-state index is 0.00677. The molecule has 2 aromatic rings. The summed E-state index contributed by atoms with van der Waals surface area (Å²) in [5, 5.41) is 7.26. The monoisotopic (exact) mass is 263 g/mol. The predicted octanol–water partition coefficient (Wildman–Crippen LogP) is 2.39. The number of H-pyrrole nitrogens is 1. The standard InChI is InChI=1S/C13H17N3OS/c1-13(2,3)14-7-10-6-11(17)16-12(15-10)9-4-5-18-8-9/h4-6,8,14H,7H2,1-3H3,(H,15,16,17). The molecule has 2 rings (SSSR count). The molecule has 0 saturated carbocycles. The van der Waals surface area contributed by atoms with Gasteiger partial charge in [-0.15, -0.1) is 0 Å². The van der Waals surface area contributed by atoms with Crippen LogP contribution >= 0.6 is 11.3 Å². The highest BCUT2D eigenvalue weighted by Gasteiger charge is 2.10. The van der Waals surface area contributed by atoms with Crippen LogP contribution in [-0.4, -0.2) is 15.5 Å². The normalized spacial score (nSPS) is 11.7. The molecule has 4 nitrogen and oxygen atoms in total. The van der Waals surface area contributed by atoms with E-state index in [-0.39, 0.29) is 11.1 Å². The fourth-order valence-electron chi connectivity index (χ4n) is 1.49. The molecular formula is C13H17N3OS. The minimum Gasteiger partial charge on any atom is -0.306 e. The Bertz CT molecular complexity index is 567. The Morgan fingerprint density at radius 2 is 2.22 bits per heavy atom. The van der Waals surface area contributed by atoms with E-state index in [1.807, 2.05) is 16.8 Å². The third-order valence-corrected chi connectivity index (χ3v) is 3.07. The number of hydrogen-bond acceptors (Lipinski definition) is 4. The summed E-state index contributed by atoms with van der Waals surface area (Å²) in [4.78, 5) is 18.8. The first-order chi connectivity index (χ1) is 8.44. The zero-order valence-corrected chi connectivity index (χ0v) is 11.6. The molecule has 0 radical (unpaired) electrons. The third kappa shape index (κ3) is 3.51.